The van der Waals surface area contributed by atoms with Crippen LogP contribution in [-0.2, 0) is 14.6 Å². The van der Waals surface area contributed by atoms with Gasteiger partial charge in [0, 0.05) is 12.5 Å². The molecule has 0 radical (unpaired) electrons. The minimum atomic E-state index is -2.92. The second kappa shape index (κ2) is 7.09. The van der Waals surface area contributed by atoms with Crippen LogP contribution in [0.5, 0.6) is 0 Å². The number of hydrogen-bond donors (Lipinski definition) is 2. The van der Waals surface area contributed by atoms with Crippen LogP contribution >= 0.6 is 0 Å². The van der Waals surface area contributed by atoms with Gasteiger partial charge < -0.3 is 11.1 Å². The average Bonchev–Trinajstić information content (AvgIpc) is 2.64. The number of carbonyl (C=O) groups is 1. The fraction of sp³-hybridized carbons (Fsp3) is 0.917. The van der Waals surface area contributed by atoms with E-state index in [1.165, 1.54) is 0 Å². The molecule has 1 saturated heterocycles. The standard InChI is InChI=1S/C12H24N2O3S/c1-2-10(5-7-13)3-4-12(15)14-11-6-8-18(16,17)9-11/h10-11H,2-9,13H2,1H3,(H,14,15). The summed E-state index contributed by atoms with van der Waals surface area (Å²) in [5.41, 5.74) is 5.51. The number of amides is 1. The Morgan fingerprint density at radius 1 is 1.44 bits per heavy atom. The first kappa shape index (κ1) is 15.4. The van der Waals surface area contributed by atoms with Crippen molar-refractivity contribution in [3.63, 3.8) is 0 Å². The highest BCUT2D eigenvalue weighted by Crippen LogP contribution is 2.15. The molecule has 1 fully saturated rings. The third kappa shape index (κ3) is 5.35. The topological polar surface area (TPSA) is 89.3 Å². The van der Waals surface area contributed by atoms with Gasteiger partial charge in [-0.05, 0) is 31.7 Å². The van der Waals surface area contributed by atoms with Gasteiger partial charge in [0.05, 0.1) is 11.5 Å². The van der Waals surface area contributed by atoms with Gasteiger partial charge in [-0.25, -0.2) is 8.42 Å². The van der Waals surface area contributed by atoms with Crippen molar-refractivity contribution < 1.29 is 13.2 Å². The number of carbonyl (C=O) groups excluding carboxylic acids is 1. The molecule has 2 unspecified atom stereocenters. The smallest absolute Gasteiger partial charge is 0.220 e. The van der Waals surface area contributed by atoms with E-state index in [9.17, 15) is 13.2 Å². The number of hydrogen-bond acceptors (Lipinski definition) is 4. The highest BCUT2D eigenvalue weighted by Gasteiger charge is 2.28. The summed E-state index contributed by atoms with van der Waals surface area (Å²) in [4.78, 5) is 11.7. The minimum absolute atomic E-state index is 0.0347. The fourth-order valence-electron chi connectivity index (χ4n) is 2.33. The molecular formula is C12H24N2O3S. The zero-order chi connectivity index (χ0) is 13.6. The van der Waals surface area contributed by atoms with Gasteiger partial charge in [-0.2, -0.15) is 0 Å². The van der Waals surface area contributed by atoms with Crippen LogP contribution in [0.2, 0.25) is 0 Å². The van der Waals surface area contributed by atoms with E-state index in [1.807, 2.05) is 0 Å². The lowest BCUT2D eigenvalue weighted by molar-refractivity contribution is -0.121. The molecule has 3 N–H and O–H groups in total. The summed E-state index contributed by atoms with van der Waals surface area (Å²) in [5.74, 6) is 0.752. The molecule has 1 amide bonds. The highest BCUT2D eigenvalue weighted by molar-refractivity contribution is 7.91. The second-order valence-electron chi connectivity index (χ2n) is 5.06. The van der Waals surface area contributed by atoms with E-state index in [0.717, 1.165) is 19.3 Å². The van der Waals surface area contributed by atoms with Crippen LogP contribution in [-0.4, -0.2) is 38.4 Å². The number of nitrogens with two attached hydrogens (primary N) is 1. The van der Waals surface area contributed by atoms with Crippen molar-refractivity contribution in [2.45, 2.75) is 45.1 Å². The summed E-state index contributed by atoms with van der Waals surface area (Å²) in [6, 6.07) is -0.183. The molecule has 0 aromatic heterocycles. The Hall–Kier alpha value is -0.620. The zero-order valence-corrected chi connectivity index (χ0v) is 11.8. The first-order valence-corrected chi connectivity index (χ1v) is 8.49. The molecule has 1 heterocycles. The minimum Gasteiger partial charge on any atom is -0.352 e. The maximum atomic E-state index is 11.7. The Kier molecular flexibility index (Phi) is 6.08. The van der Waals surface area contributed by atoms with Gasteiger partial charge in [-0.1, -0.05) is 13.3 Å². The molecule has 0 aromatic carbocycles. The summed E-state index contributed by atoms with van der Waals surface area (Å²) in [6.45, 7) is 2.75. The Balaban J connectivity index is 2.25. The van der Waals surface area contributed by atoms with Gasteiger partial charge in [0.15, 0.2) is 9.84 Å². The average molecular weight is 276 g/mol. The second-order valence-corrected chi connectivity index (χ2v) is 7.29. The lowest BCUT2D eigenvalue weighted by atomic mass is 9.96. The lowest BCUT2D eigenvalue weighted by Crippen LogP contribution is -2.35. The molecule has 5 nitrogen and oxygen atoms in total. The number of rotatable bonds is 7. The van der Waals surface area contributed by atoms with E-state index < -0.39 is 9.84 Å². The molecule has 1 aliphatic heterocycles. The molecule has 0 aliphatic carbocycles. The predicted molar refractivity (Wildman–Crippen MR) is 71.9 cm³/mol. The van der Waals surface area contributed by atoms with Crippen molar-refractivity contribution in [3.05, 3.63) is 0 Å². The molecule has 2 atom stereocenters. The molecule has 0 bridgehead atoms. The van der Waals surface area contributed by atoms with Crippen LogP contribution in [0.25, 0.3) is 0 Å². The van der Waals surface area contributed by atoms with Crippen molar-refractivity contribution in [1.82, 2.24) is 5.32 Å². The van der Waals surface area contributed by atoms with Crippen molar-refractivity contribution in [1.29, 1.82) is 0 Å². The Morgan fingerprint density at radius 3 is 2.67 bits per heavy atom. The Morgan fingerprint density at radius 2 is 2.17 bits per heavy atom. The largest absolute Gasteiger partial charge is 0.352 e. The molecule has 18 heavy (non-hydrogen) atoms. The monoisotopic (exact) mass is 276 g/mol. The molecule has 0 aromatic rings. The van der Waals surface area contributed by atoms with Gasteiger partial charge >= 0.3 is 0 Å². The summed E-state index contributed by atoms with van der Waals surface area (Å²) >= 11 is 0. The SMILES string of the molecule is CCC(CCN)CCC(=O)NC1CCS(=O)(=O)C1. The van der Waals surface area contributed by atoms with Crippen molar-refractivity contribution in [3.8, 4) is 0 Å². The van der Waals surface area contributed by atoms with Crippen LogP contribution in [0.15, 0.2) is 0 Å². The van der Waals surface area contributed by atoms with Crippen LogP contribution in [0.4, 0.5) is 0 Å². The molecule has 6 heteroatoms. The van der Waals surface area contributed by atoms with Crippen molar-refractivity contribution >= 4 is 15.7 Å². The summed E-state index contributed by atoms with van der Waals surface area (Å²) in [7, 11) is -2.92. The quantitative estimate of drug-likeness (QED) is 0.706. The van der Waals surface area contributed by atoms with Crippen LogP contribution in [0.3, 0.4) is 0 Å². The van der Waals surface area contributed by atoms with Gasteiger partial charge in [-0.3, -0.25) is 4.79 Å². The molecular weight excluding hydrogens is 252 g/mol. The highest BCUT2D eigenvalue weighted by atomic mass is 32.2. The van der Waals surface area contributed by atoms with Gasteiger partial charge in [0.2, 0.25) is 5.91 Å². The summed E-state index contributed by atoms with van der Waals surface area (Å²) in [5, 5.41) is 2.81. The van der Waals surface area contributed by atoms with Gasteiger partial charge in [0.1, 0.15) is 0 Å². The molecule has 0 saturated carbocycles. The fourth-order valence-corrected chi connectivity index (χ4v) is 4.01. The Bertz CT molecular complexity index is 368. The first-order valence-electron chi connectivity index (χ1n) is 6.66. The summed E-state index contributed by atoms with van der Waals surface area (Å²) in [6.07, 6.45) is 3.83. The number of sulfone groups is 1. The zero-order valence-electron chi connectivity index (χ0n) is 11.0. The van der Waals surface area contributed by atoms with E-state index in [4.69, 9.17) is 5.73 Å². The molecule has 106 valence electrons. The predicted octanol–water partition coefficient (Wildman–Crippen LogP) is 0.445. The Labute approximate surface area is 109 Å². The van der Waals surface area contributed by atoms with Gasteiger partial charge in [0.25, 0.3) is 0 Å². The van der Waals surface area contributed by atoms with Crippen LogP contribution in [0.1, 0.15) is 39.0 Å². The molecule has 1 rings (SSSR count). The third-order valence-electron chi connectivity index (χ3n) is 3.53. The number of nitrogens with one attached hydrogen (secondary N) is 1. The summed E-state index contributed by atoms with van der Waals surface area (Å²) < 4.78 is 22.5. The molecule has 0 spiro atoms. The van der Waals surface area contributed by atoms with Crippen molar-refractivity contribution in [2.75, 3.05) is 18.1 Å². The van der Waals surface area contributed by atoms with E-state index in [0.29, 0.717) is 25.3 Å². The van der Waals surface area contributed by atoms with Crippen molar-refractivity contribution in [2.24, 2.45) is 11.7 Å². The molecule has 1 aliphatic rings. The van der Waals surface area contributed by atoms with E-state index >= 15 is 0 Å². The van der Waals surface area contributed by atoms with E-state index in [1.54, 1.807) is 0 Å². The van der Waals surface area contributed by atoms with E-state index in [2.05, 4.69) is 12.2 Å². The lowest BCUT2D eigenvalue weighted by Gasteiger charge is -2.15. The van der Waals surface area contributed by atoms with Crippen LogP contribution in [0, 0.1) is 5.92 Å². The first-order chi connectivity index (χ1) is 8.46. The third-order valence-corrected chi connectivity index (χ3v) is 5.30. The van der Waals surface area contributed by atoms with Gasteiger partial charge in [-0.15, -0.1) is 0 Å². The maximum absolute atomic E-state index is 11.7. The normalized spacial score (nSPS) is 23.8. The maximum Gasteiger partial charge on any atom is 0.220 e. The van der Waals surface area contributed by atoms with Crippen LogP contribution < -0.4 is 11.1 Å². The van der Waals surface area contributed by atoms with E-state index in [-0.39, 0.29) is 23.5 Å².